The standard InChI is InChI=1S/C26H34N2O6/c1-5-33-24-17-21(28-11-13-32-14-12-28)25(34-6-2)16-20(24)27-26(30)10-8-22(29)19-15-18(3)7-9-23(19)31-4/h7,9,15-17H,5-6,8,10-14H2,1-4H3,(H,27,30). The van der Waals surface area contributed by atoms with Gasteiger partial charge in [0.1, 0.15) is 17.2 Å². The SMILES string of the molecule is CCOc1cc(N2CCOCC2)c(OCC)cc1NC(=O)CCC(=O)c1cc(C)ccc1OC. The lowest BCUT2D eigenvalue weighted by Crippen LogP contribution is -2.36. The number of nitrogens with zero attached hydrogens (tertiary/aromatic N) is 1. The number of carbonyl (C=O) groups excluding carboxylic acids is 2. The van der Waals surface area contributed by atoms with Crippen molar-refractivity contribution in [3.05, 3.63) is 41.5 Å². The Morgan fingerprint density at radius 2 is 1.68 bits per heavy atom. The number of carbonyl (C=O) groups is 2. The molecule has 2 aromatic carbocycles. The molecule has 1 heterocycles. The zero-order valence-corrected chi connectivity index (χ0v) is 20.4. The Morgan fingerprint density at radius 1 is 0.971 bits per heavy atom. The summed E-state index contributed by atoms with van der Waals surface area (Å²) in [6, 6.07) is 9.13. The summed E-state index contributed by atoms with van der Waals surface area (Å²) < 4.78 is 22.5. The number of morpholine rings is 1. The van der Waals surface area contributed by atoms with E-state index in [1.165, 1.54) is 7.11 Å². The van der Waals surface area contributed by atoms with Crippen LogP contribution in [-0.2, 0) is 9.53 Å². The second kappa shape index (κ2) is 12.3. The van der Waals surface area contributed by atoms with E-state index in [9.17, 15) is 9.59 Å². The molecule has 0 spiro atoms. The summed E-state index contributed by atoms with van der Waals surface area (Å²) in [6.07, 6.45) is 0.108. The largest absolute Gasteiger partial charge is 0.496 e. The van der Waals surface area contributed by atoms with Crippen LogP contribution in [0.15, 0.2) is 30.3 Å². The monoisotopic (exact) mass is 470 g/mol. The van der Waals surface area contributed by atoms with Crippen LogP contribution >= 0.6 is 0 Å². The molecule has 8 heteroatoms. The Labute approximate surface area is 201 Å². The molecule has 1 aliphatic rings. The lowest BCUT2D eigenvalue weighted by atomic mass is 10.0. The van der Waals surface area contributed by atoms with Crippen LogP contribution in [-0.4, -0.2) is 58.3 Å². The third-order valence-corrected chi connectivity index (χ3v) is 5.52. The van der Waals surface area contributed by atoms with E-state index in [0.717, 1.165) is 24.3 Å². The highest BCUT2D eigenvalue weighted by molar-refractivity contribution is 6.02. The van der Waals surface area contributed by atoms with E-state index in [0.29, 0.717) is 54.9 Å². The van der Waals surface area contributed by atoms with E-state index in [-0.39, 0.29) is 24.5 Å². The summed E-state index contributed by atoms with van der Waals surface area (Å²) in [5.74, 6) is 1.33. The Bertz CT molecular complexity index is 1000. The Kier molecular flexibility index (Phi) is 9.16. The van der Waals surface area contributed by atoms with Gasteiger partial charge in [-0.3, -0.25) is 9.59 Å². The molecule has 1 fully saturated rings. The van der Waals surface area contributed by atoms with Gasteiger partial charge >= 0.3 is 0 Å². The summed E-state index contributed by atoms with van der Waals surface area (Å²) in [4.78, 5) is 27.7. The fourth-order valence-corrected chi connectivity index (χ4v) is 3.86. The summed E-state index contributed by atoms with van der Waals surface area (Å²) in [7, 11) is 1.53. The first-order valence-corrected chi connectivity index (χ1v) is 11.7. The first kappa shape index (κ1) is 25.4. The second-order valence-electron chi connectivity index (χ2n) is 7.96. The quantitative estimate of drug-likeness (QED) is 0.492. The molecule has 0 aliphatic carbocycles. The number of ether oxygens (including phenoxy) is 4. The molecule has 3 rings (SSSR count). The third kappa shape index (κ3) is 6.41. The number of nitrogens with one attached hydrogen (secondary N) is 1. The number of anilines is 2. The van der Waals surface area contributed by atoms with Gasteiger partial charge in [0, 0.05) is 38.1 Å². The van der Waals surface area contributed by atoms with E-state index in [1.807, 2.05) is 32.9 Å². The van der Waals surface area contributed by atoms with Crippen molar-refractivity contribution in [3.8, 4) is 17.2 Å². The highest BCUT2D eigenvalue weighted by Crippen LogP contribution is 2.39. The van der Waals surface area contributed by atoms with Crippen LogP contribution in [0.4, 0.5) is 11.4 Å². The smallest absolute Gasteiger partial charge is 0.224 e. The molecular formula is C26H34N2O6. The number of Topliss-reactive ketones (excluding diaryl/α,β-unsaturated/α-hetero) is 1. The van der Waals surface area contributed by atoms with E-state index in [2.05, 4.69) is 10.2 Å². The number of amides is 1. The zero-order valence-electron chi connectivity index (χ0n) is 20.4. The number of rotatable bonds is 11. The van der Waals surface area contributed by atoms with Crippen molar-refractivity contribution in [1.82, 2.24) is 0 Å². The molecule has 1 saturated heterocycles. The first-order chi connectivity index (χ1) is 16.5. The van der Waals surface area contributed by atoms with Gasteiger partial charge in [-0.05, 0) is 32.9 Å². The van der Waals surface area contributed by atoms with Gasteiger partial charge in [0.05, 0.1) is 50.5 Å². The van der Waals surface area contributed by atoms with Crippen molar-refractivity contribution in [3.63, 3.8) is 0 Å². The summed E-state index contributed by atoms with van der Waals surface area (Å²) >= 11 is 0. The molecule has 2 aromatic rings. The Hall–Kier alpha value is -3.26. The van der Waals surface area contributed by atoms with Crippen LogP contribution in [0.3, 0.4) is 0 Å². The number of benzene rings is 2. The number of ketones is 1. The van der Waals surface area contributed by atoms with Crippen molar-refractivity contribution < 1.29 is 28.5 Å². The predicted molar refractivity (Wildman–Crippen MR) is 132 cm³/mol. The molecule has 0 bridgehead atoms. The summed E-state index contributed by atoms with van der Waals surface area (Å²) in [5.41, 5.74) is 2.87. The molecule has 0 unspecified atom stereocenters. The fraction of sp³-hybridized carbons (Fsp3) is 0.462. The highest BCUT2D eigenvalue weighted by atomic mass is 16.5. The number of aryl methyl sites for hydroxylation is 1. The van der Waals surface area contributed by atoms with Crippen molar-refractivity contribution in [1.29, 1.82) is 0 Å². The highest BCUT2D eigenvalue weighted by Gasteiger charge is 2.21. The molecule has 0 aromatic heterocycles. The van der Waals surface area contributed by atoms with Crippen LogP contribution in [0.1, 0.15) is 42.6 Å². The van der Waals surface area contributed by atoms with E-state index >= 15 is 0 Å². The maximum Gasteiger partial charge on any atom is 0.224 e. The molecule has 1 aliphatic heterocycles. The number of hydrogen-bond donors (Lipinski definition) is 1. The van der Waals surface area contributed by atoms with E-state index < -0.39 is 0 Å². The minimum atomic E-state index is -0.275. The third-order valence-electron chi connectivity index (χ3n) is 5.52. The maximum atomic E-state index is 12.8. The molecule has 1 amide bonds. The molecule has 0 radical (unpaired) electrons. The lowest BCUT2D eigenvalue weighted by molar-refractivity contribution is -0.116. The van der Waals surface area contributed by atoms with Crippen LogP contribution in [0, 0.1) is 6.92 Å². The van der Waals surface area contributed by atoms with Gasteiger partial charge in [-0.25, -0.2) is 0 Å². The molecule has 34 heavy (non-hydrogen) atoms. The van der Waals surface area contributed by atoms with Crippen LogP contribution in [0.5, 0.6) is 17.2 Å². The van der Waals surface area contributed by atoms with E-state index in [4.69, 9.17) is 18.9 Å². The van der Waals surface area contributed by atoms with E-state index in [1.54, 1.807) is 18.2 Å². The topological polar surface area (TPSA) is 86.3 Å². The minimum Gasteiger partial charge on any atom is -0.496 e. The maximum absolute atomic E-state index is 12.8. The first-order valence-electron chi connectivity index (χ1n) is 11.7. The van der Waals surface area contributed by atoms with Gasteiger partial charge in [0.25, 0.3) is 0 Å². The normalized spacial score (nSPS) is 13.4. The van der Waals surface area contributed by atoms with Crippen LogP contribution in [0.25, 0.3) is 0 Å². The number of hydrogen-bond acceptors (Lipinski definition) is 7. The number of methoxy groups -OCH3 is 1. The van der Waals surface area contributed by atoms with Crippen LogP contribution in [0.2, 0.25) is 0 Å². The van der Waals surface area contributed by atoms with Gasteiger partial charge in [-0.2, -0.15) is 0 Å². The molecule has 184 valence electrons. The molecule has 1 N–H and O–H groups in total. The Balaban J connectivity index is 1.75. The average Bonchev–Trinajstić information content (AvgIpc) is 2.84. The lowest BCUT2D eigenvalue weighted by Gasteiger charge is -2.31. The average molecular weight is 471 g/mol. The van der Waals surface area contributed by atoms with Gasteiger partial charge in [0.2, 0.25) is 5.91 Å². The summed E-state index contributed by atoms with van der Waals surface area (Å²) in [5, 5.41) is 2.90. The molecular weight excluding hydrogens is 436 g/mol. The fourth-order valence-electron chi connectivity index (χ4n) is 3.86. The van der Waals surface area contributed by atoms with Crippen molar-refractivity contribution in [2.24, 2.45) is 0 Å². The van der Waals surface area contributed by atoms with Gasteiger partial charge in [-0.15, -0.1) is 0 Å². The molecule has 0 saturated carbocycles. The summed E-state index contributed by atoms with van der Waals surface area (Å²) in [6.45, 7) is 9.46. The van der Waals surface area contributed by atoms with Gasteiger partial charge < -0.3 is 29.2 Å². The van der Waals surface area contributed by atoms with Gasteiger partial charge in [-0.1, -0.05) is 11.6 Å². The zero-order chi connectivity index (χ0) is 24.5. The van der Waals surface area contributed by atoms with Crippen LogP contribution < -0.4 is 24.4 Å². The van der Waals surface area contributed by atoms with Crippen molar-refractivity contribution in [2.45, 2.75) is 33.6 Å². The predicted octanol–water partition coefficient (Wildman–Crippen LogP) is 4.24. The molecule has 8 nitrogen and oxygen atoms in total. The molecule has 0 atom stereocenters. The van der Waals surface area contributed by atoms with Crippen molar-refractivity contribution in [2.75, 3.05) is 56.8 Å². The van der Waals surface area contributed by atoms with Crippen molar-refractivity contribution >= 4 is 23.1 Å². The van der Waals surface area contributed by atoms with Gasteiger partial charge in [0.15, 0.2) is 5.78 Å². The minimum absolute atomic E-state index is 0.0384. The second-order valence-corrected chi connectivity index (χ2v) is 7.96. The Morgan fingerprint density at radius 3 is 2.35 bits per heavy atom.